The Kier molecular flexibility index (Phi) is 3.78. The van der Waals surface area contributed by atoms with E-state index in [1.165, 1.54) is 6.07 Å². The molecular weight excluding hydrogens is 323 g/mol. The molecule has 4 rings (SSSR count). The van der Waals surface area contributed by atoms with Gasteiger partial charge in [0.05, 0.1) is 5.92 Å². The molecule has 0 spiro atoms. The van der Waals surface area contributed by atoms with Gasteiger partial charge >= 0.3 is 0 Å². The van der Waals surface area contributed by atoms with Crippen molar-refractivity contribution in [3.63, 3.8) is 0 Å². The van der Waals surface area contributed by atoms with Gasteiger partial charge in [0.2, 0.25) is 5.91 Å². The maximum absolute atomic E-state index is 14.2. The standard InChI is InChI=1S/C18H19FN4O2/c19-13-5-1-2-6-15(13)23-14-7-3-4-12(14)16(21-23)18(25)22-9-8-11(10-22)17(20)24/h1-2,5-6,11H,3-4,7-10H2,(H2,20,24)/t11-/m0/s1. The van der Waals surface area contributed by atoms with Gasteiger partial charge in [-0.3, -0.25) is 9.59 Å². The van der Waals surface area contributed by atoms with Crippen LogP contribution in [0.25, 0.3) is 5.69 Å². The van der Waals surface area contributed by atoms with Crippen LogP contribution >= 0.6 is 0 Å². The first-order chi connectivity index (χ1) is 12.1. The smallest absolute Gasteiger partial charge is 0.274 e. The number of benzene rings is 1. The maximum Gasteiger partial charge on any atom is 0.274 e. The summed E-state index contributed by atoms with van der Waals surface area (Å²) in [5.74, 6) is -1.24. The molecule has 2 N–H and O–H groups in total. The van der Waals surface area contributed by atoms with Crippen molar-refractivity contribution in [3.05, 3.63) is 47.0 Å². The van der Waals surface area contributed by atoms with Gasteiger partial charge in [-0.2, -0.15) is 5.10 Å². The van der Waals surface area contributed by atoms with Gasteiger partial charge in [-0.25, -0.2) is 9.07 Å². The molecule has 1 atom stereocenters. The molecular formula is C18H19FN4O2. The van der Waals surface area contributed by atoms with Gasteiger partial charge in [0.15, 0.2) is 5.69 Å². The van der Waals surface area contributed by atoms with Crippen LogP contribution in [-0.2, 0) is 17.6 Å². The topological polar surface area (TPSA) is 81.2 Å². The maximum atomic E-state index is 14.2. The van der Waals surface area contributed by atoms with Crippen molar-refractivity contribution in [1.82, 2.24) is 14.7 Å². The lowest BCUT2D eigenvalue weighted by molar-refractivity contribution is -0.121. The molecule has 1 aromatic heterocycles. The number of likely N-dealkylation sites (tertiary alicyclic amines) is 1. The fourth-order valence-corrected chi connectivity index (χ4v) is 3.76. The predicted octanol–water partition coefficient (Wildman–Crippen LogP) is 1.45. The van der Waals surface area contributed by atoms with Crippen molar-refractivity contribution in [3.8, 4) is 5.69 Å². The molecule has 0 bridgehead atoms. The molecule has 2 aromatic rings. The molecule has 1 aliphatic heterocycles. The van der Waals surface area contributed by atoms with E-state index < -0.39 is 0 Å². The predicted molar refractivity (Wildman–Crippen MR) is 88.8 cm³/mol. The third-order valence-corrected chi connectivity index (χ3v) is 5.09. The summed E-state index contributed by atoms with van der Waals surface area (Å²) in [4.78, 5) is 25.9. The van der Waals surface area contributed by atoms with Gasteiger partial charge in [-0.15, -0.1) is 0 Å². The minimum absolute atomic E-state index is 0.197. The first-order valence-corrected chi connectivity index (χ1v) is 8.50. The molecule has 1 aliphatic carbocycles. The number of fused-ring (bicyclic) bond motifs is 1. The van der Waals surface area contributed by atoms with Gasteiger partial charge < -0.3 is 10.6 Å². The SMILES string of the molecule is NC(=O)[C@H]1CCN(C(=O)c2nn(-c3ccccc3F)c3c2CCC3)C1. The van der Waals surface area contributed by atoms with Crippen molar-refractivity contribution >= 4 is 11.8 Å². The second-order valence-corrected chi connectivity index (χ2v) is 6.63. The highest BCUT2D eigenvalue weighted by Gasteiger charge is 2.34. The molecule has 6 nitrogen and oxygen atoms in total. The van der Waals surface area contributed by atoms with Gasteiger partial charge in [-0.05, 0) is 37.8 Å². The molecule has 7 heteroatoms. The number of carbonyl (C=O) groups excluding carboxylic acids is 2. The summed E-state index contributed by atoms with van der Waals surface area (Å²) in [6.07, 6.45) is 3.04. The molecule has 130 valence electrons. The fraction of sp³-hybridized carbons (Fsp3) is 0.389. The number of aromatic nitrogens is 2. The van der Waals surface area contributed by atoms with E-state index >= 15 is 0 Å². The zero-order valence-electron chi connectivity index (χ0n) is 13.7. The van der Waals surface area contributed by atoms with E-state index in [1.54, 1.807) is 27.8 Å². The number of nitrogens with two attached hydrogens (primary N) is 1. The van der Waals surface area contributed by atoms with Crippen molar-refractivity contribution in [2.75, 3.05) is 13.1 Å². The number of rotatable bonds is 3. The lowest BCUT2D eigenvalue weighted by Crippen LogP contribution is -2.32. The summed E-state index contributed by atoms with van der Waals surface area (Å²) in [6.45, 7) is 0.823. The molecule has 0 unspecified atom stereocenters. The van der Waals surface area contributed by atoms with E-state index in [2.05, 4.69) is 5.10 Å². The average molecular weight is 342 g/mol. The summed E-state index contributed by atoms with van der Waals surface area (Å²) < 4.78 is 15.7. The van der Waals surface area contributed by atoms with Crippen molar-refractivity contribution in [2.45, 2.75) is 25.7 Å². The molecule has 25 heavy (non-hydrogen) atoms. The minimum atomic E-state index is -0.377. The number of amides is 2. The lowest BCUT2D eigenvalue weighted by atomic mass is 10.1. The Bertz CT molecular complexity index is 861. The summed E-state index contributed by atoms with van der Waals surface area (Å²) in [7, 11) is 0. The first-order valence-electron chi connectivity index (χ1n) is 8.50. The molecule has 1 saturated heterocycles. The number of halogens is 1. The highest BCUT2D eigenvalue weighted by Crippen LogP contribution is 2.30. The molecule has 2 aliphatic rings. The largest absolute Gasteiger partial charge is 0.369 e. The van der Waals surface area contributed by atoms with Crippen molar-refractivity contribution in [1.29, 1.82) is 0 Å². The Labute approximate surface area is 144 Å². The Morgan fingerprint density at radius 1 is 1.24 bits per heavy atom. The Hall–Kier alpha value is -2.70. The van der Waals surface area contributed by atoms with E-state index in [9.17, 15) is 14.0 Å². The van der Waals surface area contributed by atoms with Gasteiger partial charge in [0.25, 0.3) is 5.91 Å². The van der Waals surface area contributed by atoms with Crippen LogP contribution in [0.4, 0.5) is 4.39 Å². The third-order valence-electron chi connectivity index (χ3n) is 5.09. The van der Waals surface area contributed by atoms with E-state index in [4.69, 9.17) is 5.73 Å². The Morgan fingerprint density at radius 2 is 2.04 bits per heavy atom. The molecule has 1 aromatic carbocycles. The van der Waals surface area contributed by atoms with Crippen molar-refractivity contribution in [2.24, 2.45) is 11.7 Å². The van der Waals surface area contributed by atoms with E-state index in [1.807, 2.05) is 0 Å². The normalized spacial score (nSPS) is 19.2. The lowest BCUT2D eigenvalue weighted by Gasteiger charge is -2.15. The van der Waals surface area contributed by atoms with Crippen LogP contribution in [0.3, 0.4) is 0 Å². The average Bonchev–Trinajstić information content (AvgIpc) is 3.31. The van der Waals surface area contributed by atoms with Crippen LogP contribution in [-0.4, -0.2) is 39.6 Å². The molecule has 0 radical (unpaired) electrons. The van der Waals surface area contributed by atoms with Crippen LogP contribution in [0.1, 0.15) is 34.6 Å². The van der Waals surface area contributed by atoms with Crippen LogP contribution in [0, 0.1) is 11.7 Å². The highest BCUT2D eigenvalue weighted by molar-refractivity contribution is 5.95. The highest BCUT2D eigenvalue weighted by atomic mass is 19.1. The van der Waals surface area contributed by atoms with Crippen LogP contribution in [0.15, 0.2) is 24.3 Å². The first kappa shape index (κ1) is 15.8. The molecule has 0 saturated carbocycles. The van der Waals surface area contributed by atoms with Crippen molar-refractivity contribution < 1.29 is 14.0 Å². The molecule has 2 heterocycles. The fourth-order valence-electron chi connectivity index (χ4n) is 3.76. The summed E-state index contributed by atoms with van der Waals surface area (Å²) in [5, 5.41) is 4.45. The summed E-state index contributed by atoms with van der Waals surface area (Å²) in [5.41, 5.74) is 7.88. The summed E-state index contributed by atoms with van der Waals surface area (Å²) >= 11 is 0. The minimum Gasteiger partial charge on any atom is -0.369 e. The number of carbonyl (C=O) groups is 2. The number of para-hydroxylation sites is 1. The van der Waals surface area contributed by atoms with E-state index in [0.29, 0.717) is 30.9 Å². The van der Waals surface area contributed by atoms with E-state index in [0.717, 1.165) is 30.5 Å². The monoisotopic (exact) mass is 342 g/mol. The van der Waals surface area contributed by atoms with Crippen LogP contribution in [0.5, 0.6) is 0 Å². The Balaban J connectivity index is 1.70. The van der Waals surface area contributed by atoms with Gasteiger partial charge in [0, 0.05) is 24.3 Å². The molecule has 1 fully saturated rings. The third kappa shape index (κ3) is 2.59. The number of hydrogen-bond donors (Lipinski definition) is 1. The second-order valence-electron chi connectivity index (χ2n) is 6.63. The summed E-state index contributed by atoms with van der Waals surface area (Å²) in [6, 6.07) is 6.43. The van der Waals surface area contributed by atoms with Gasteiger partial charge in [-0.1, -0.05) is 12.1 Å². The van der Waals surface area contributed by atoms with E-state index in [-0.39, 0.29) is 23.5 Å². The van der Waals surface area contributed by atoms with Crippen LogP contribution in [0.2, 0.25) is 0 Å². The number of nitrogens with zero attached hydrogens (tertiary/aromatic N) is 3. The van der Waals surface area contributed by atoms with Crippen LogP contribution < -0.4 is 5.73 Å². The quantitative estimate of drug-likeness (QED) is 0.917. The molecule has 2 amide bonds. The Morgan fingerprint density at radius 3 is 2.76 bits per heavy atom. The number of primary amides is 1. The zero-order valence-corrected chi connectivity index (χ0v) is 13.7. The second kappa shape index (κ2) is 5.98. The zero-order chi connectivity index (χ0) is 17.6. The number of hydrogen-bond acceptors (Lipinski definition) is 3. The van der Waals surface area contributed by atoms with Gasteiger partial charge in [0.1, 0.15) is 11.5 Å².